The number of methoxy groups -OCH3 is 1. The molecule has 0 aliphatic carbocycles. The van der Waals surface area contributed by atoms with Crippen molar-refractivity contribution in [1.82, 2.24) is 19.9 Å². The molecule has 0 saturated carbocycles. The maximum absolute atomic E-state index is 5.07. The summed E-state index contributed by atoms with van der Waals surface area (Å²) in [5.41, 5.74) is 2.41. The molecule has 0 amide bonds. The number of rotatable bonds is 4. The largest absolute Gasteiger partial charge is 0.481 e. The minimum Gasteiger partial charge on any atom is -0.481 e. The molecule has 1 aliphatic rings. The zero-order valence-corrected chi connectivity index (χ0v) is 11.0. The van der Waals surface area contributed by atoms with Gasteiger partial charge >= 0.3 is 0 Å². The molecule has 1 fully saturated rings. The second-order valence-corrected chi connectivity index (χ2v) is 4.80. The molecule has 3 rings (SSSR count). The Hall–Kier alpha value is -1.88. The third kappa shape index (κ3) is 2.61. The molecule has 5 nitrogen and oxygen atoms in total. The number of aromatic nitrogens is 3. The molecular formula is C14H18N4O. The maximum Gasteiger partial charge on any atom is 0.212 e. The topological polar surface area (TPSA) is 52.0 Å². The number of hydrogen-bond acceptors (Lipinski definition) is 4. The summed E-state index contributed by atoms with van der Waals surface area (Å²) in [6.45, 7) is 1.89. The highest BCUT2D eigenvalue weighted by Gasteiger charge is 2.19. The molecule has 0 spiro atoms. The molecule has 0 bridgehead atoms. The summed E-state index contributed by atoms with van der Waals surface area (Å²) in [5, 5.41) is 3.51. The number of pyridine rings is 1. The van der Waals surface area contributed by atoms with Gasteiger partial charge in [-0.2, -0.15) is 0 Å². The van der Waals surface area contributed by atoms with Crippen LogP contribution in [-0.2, 0) is 6.54 Å². The first-order valence-electron chi connectivity index (χ1n) is 6.59. The third-order valence-electron chi connectivity index (χ3n) is 3.52. The summed E-state index contributed by atoms with van der Waals surface area (Å²) in [6.07, 6.45) is 8.12. The fourth-order valence-electron chi connectivity index (χ4n) is 2.51. The summed E-state index contributed by atoms with van der Waals surface area (Å²) in [7, 11) is 1.63. The smallest absolute Gasteiger partial charge is 0.212 e. The highest BCUT2D eigenvalue weighted by atomic mass is 16.5. The lowest BCUT2D eigenvalue weighted by molar-refractivity contribution is 0.397. The quantitative estimate of drug-likeness (QED) is 0.908. The number of ether oxygens (including phenoxy) is 1. The molecule has 19 heavy (non-hydrogen) atoms. The first-order valence-corrected chi connectivity index (χ1v) is 6.59. The van der Waals surface area contributed by atoms with Crippen LogP contribution in [-0.4, -0.2) is 28.2 Å². The van der Waals surface area contributed by atoms with Crippen molar-refractivity contribution in [3.05, 3.63) is 42.1 Å². The molecule has 0 aromatic carbocycles. The van der Waals surface area contributed by atoms with Gasteiger partial charge in [-0.25, -0.2) is 9.97 Å². The Balaban J connectivity index is 1.77. The molecule has 1 atom stereocenters. The van der Waals surface area contributed by atoms with Crippen molar-refractivity contribution in [3.63, 3.8) is 0 Å². The van der Waals surface area contributed by atoms with E-state index in [1.807, 2.05) is 30.9 Å². The predicted octanol–water partition coefficient (Wildman–Crippen LogP) is 1.76. The minimum atomic E-state index is 0.439. The van der Waals surface area contributed by atoms with E-state index in [0.717, 1.165) is 18.7 Å². The van der Waals surface area contributed by atoms with Crippen LogP contribution in [0.2, 0.25) is 0 Å². The van der Waals surface area contributed by atoms with Gasteiger partial charge in [0.25, 0.3) is 0 Å². The summed E-state index contributed by atoms with van der Waals surface area (Å²) in [6, 6.07) is 4.37. The number of nitrogens with zero attached hydrogens (tertiary/aromatic N) is 3. The average Bonchev–Trinajstić information content (AvgIpc) is 3.10. The van der Waals surface area contributed by atoms with Crippen molar-refractivity contribution in [2.75, 3.05) is 13.7 Å². The van der Waals surface area contributed by atoms with Crippen LogP contribution >= 0.6 is 0 Å². The Morgan fingerprint density at radius 1 is 1.42 bits per heavy atom. The van der Waals surface area contributed by atoms with Crippen molar-refractivity contribution in [1.29, 1.82) is 0 Å². The van der Waals surface area contributed by atoms with Gasteiger partial charge in [-0.05, 0) is 24.9 Å². The molecule has 3 heterocycles. The molecule has 1 saturated heterocycles. The van der Waals surface area contributed by atoms with Gasteiger partial charge in [0, 0.05) is 24.5 Å². The lowest BCUT2D eigenvalue weighted by Crippen LogP contribution is -2.17. The predicted molar refractivity (Wildman–Crippen MR) is 72.1 cm³/mol. The third-order valence-corrected chi connectivity index (χ3v) is 3.52. The van der Waals surface area contributed by atoms with Gasteiger partial charge in [0.2, 0.25) is 5.88 Å². The first kappa shape index (κ1) is 12.2. The average molecular weight is 258 g/mol. The van der Waals surface area contributed by atoms with E-state index in [9.17, 15) is 0 Å². The highest BCUT2D eigenvalue weighted by molar-refractivity contribution is 5.19. The molecule has 2 aromatic heterocycles. The Morgan fingerprint density at radius 2 is 2.37 bits per heavy atom. The van der Waals surface area contributed by atoms with E-state index in [0.29, 0.717) is 11.9 Å². The van der Waals surface area contributed by atoms with Crippen molar-refractivity contribution in [2.24, 2.45) is 0 Å². The zero-order valence-electron chi connectivity index (χ0n) is 11.0. The lowest BCUT2D eigenvalue weighted by atomic mass is 10.1. The fourth-order valence-corrected chi connectivity index (χ4v) is 2.51. The number of imidazole rings is 1. The summed E-state index contributed by atoms with van der Waals surface area (Å²) < 4.78 is 7.26. The van der Waals surface area contributed by atoms with Gasteiger partial charge in [-0.1, -0.05) is 6.07 Å². The van der Waals surface area contributed by atoms with Crippen molar-refractivity contribution >= 4 is 0 Å². The van der Waals surface area contributed by atoms with Crippen LogP contribution in [0, 0.1) is 0 Å². The van der Waals surface area contributed by atoms with Crippen LogP contribution in [0.25, 0.3) is 0 Å². The van der Waals surface area contributed by atoms with E-state index < -0.39 is 0 Å². The van der Waals surface area contributed by atoms with Gasteiger partial charge in [0.1, 0.15) is 0 Å². The highest BCUT2D eigenvalue weighted by Crippen LogP contribution is 2.23. The Morgan fingerprint density at radius 3 is 3.05 bits per heavy atom. The molecule has 1 N–H and O–H groups in total. The van der Waals surface area contributed by atoms with Crippen LogP contribution in [0.3, 0.4) is 0 Å². The van der Waals surface area contributed by atoms with E-state index in [-0.39, 0.29) is 0 Å². The lowest BCUT2D eigenvalue weighted by Gasteiger charge is -2.14. The van der Waals surface area contributed by atoms with Crippen molar-refractivity contribution < 1.29 is 4.74 Å². The maximum atomic E-state index is 5.07. The molecule has 1 unspecified atom stereocenters. The standard InChI is InChI=1S/C14H18N4O/c1-19-14-5-4-11(7-17-14)9-18-10-15-8-13(18)12-3-2-6-16-12/h4-5,7-8,10,12,16H,2-3,6,9H2,1H3. The van der Waals surface area contributed by atoms with Gasteiger partial charge in [-0.15, -0.1) is 0 Å². The van der Waals surface area contributed by atoms with Gasteiger partial charge < -0.3 is 14.6 Å². The molecule has 2 aromatic rings. The minimum absolute atomic E-state index is 0.439. The van der Waals surface area contributed by atoms with Crippen LogP contribution < -0.4 is 10.1 Å². The second-order valence-electron chi connectivity index (χ2n) is 4.80. The SMILES string of the molecule is COc1ccc(Cn2cncc2C2CCCN2)cn1. The molecule has 0 radical (unpaired) electrons. The van der Waals surface area contributed by atoms with Crippen LogP contribution in [0.5, 0.6) is 5.88 Å². The molecule has 1 aliphatic heterocycles. The Bertz CT molecular complexity index is 529. The normalized spacial score (nSPS) is 18.7. The van der Waals surface area contributed by atoms with Crippen LogP contribution in [0.1, 0.15) is 30.1 Å². The number of nitrogens with one attached hydrogen (secondary N) is 1. The van der Waals surface area contributed by atoms with Gasteiger partial charge in [0.05, 0.1) is 25.7 Å². The van der Waals surface area contributed by atoms with E-state index in [4.69, 9.17) is 4.74 Å². The summed E-state index contributed by atoms with van der Waals surface area (Å²) >= 11 is 0. The zero-order chi connectivity index (χ0) is 13.1. The van der Waals surface area contributed by atoms with Crippen LogP contribution in [0.4, 0.5) is 0 Å². The summed E-state index contributed by atoms with van der Waals surface area (Å²) in [4.78, 5) is 8.51. The van der Waals surface area contributed by atoms with Crippen molar-refractivity contribution in [3.8, 4) is 5.88 Å². The Labute approximate surface area is 112 Å². The second kappa shape index (κ2) is 5.40. The molecule has 5 heteroatoms. The number of hydrogen-bond donors (Lipinski definition) is 1. The summed E-state index contributed by atoms with van der Waals surface area (Å²) in [5.74, 6) is 0.645. The fraction of sp³-hybridized carbons (Fsp3) is 0.429. The monoisotopic (exact) mass is 258 g/mol. The van der Waals surface area contributed by atoms with Crippen molar-refractivity contribution in [2.45, 2.75) is 25.4 Å². The van der Waals surface area contributed by atoms with E-state index in [2.05, 4.69) is 19.9 Å². The van der Waals surface area contributed by atoms with E-state index in [1.165, 1.54) is 18.5 Å². The van der Waals surface area contributed by atoms with E-state index >= 15 is 0 Å². The first-order chi connectivity index (χ1) is 9.36. The molecule has 100 valence electrons. The van der Waals surface area contributed by atoms with Gasteiger partial charge in [-0.3, -0.25) is 0 Å². The van der Waals surface area contributed by atoms with Gasteiger partial charge in [0.15, 0.2) is 0 Å². The molecular weight excluding hydrogens is 240 g/mol. The van der Waals surface area contributed by atoms with E-state index in [1.54, 1.807) is 7.11 Å². The Kier molecular flexibility index (Phi) is 3.46. The van der Waals surface area contributed by atoms with Crippen LogP contribution in [0.15, 0.2) is 30.9 Å².